The number of aromatic nitrogens is 2. The first-order chi connectivity index (χ1) is 12.5. The van der Waals surface area contributed by atoms with E-state index in [1.807, 2.05) is 5.32 Å². The Morgan fingerprint density at radius 1 is 1.19 bits per heavy atom. The van der Waals surface area contributed by atoms with Gasteiger partial charge in [0.1, 0.15) is 34.5 Å². The fourth-order valence-corrected chi connectivity index (χ4v) is 2.25. The number of nitrogens with zero attached hydrogens (tertiary/aromatic N) is 3. The van der Waals surface area contributed by atoms with E-state index in [4.69, 9.17) is 22.5 Å². The molecule has 1 aromatic heterocycles. The quantitative estimate of drug-likeness (QED) is 0.177. The standard InChI is InChI=1S/C14H10ClF6N5O/c1-4(14(19,20)21)23-12-9(8-6(17)2-5(16)3-7(8)18)10(15)24-13(25-12)11(22)26-27/h2-4,27H,1H3,(H2,22,26)(H,23,24,25)/t4-/m1/s1. The van der Waals surface area contributed by atoms with Crippen molar-refractivity contribution in [3.8, 4) is 11.1 Å². The Hall–Kier alpha value is -2.76. The highest BCUT2D eigenvalue weighted by Crippen LogP contribution is 2.37. The molecule has 0 aliphatic rings. The minimum atomic E-state index is -4.76. The molecule has 27 heavy (non-hydrogen) atoms. The number of rotatable bonds is 4. The van der Waals surface area contributed by atoms with Crippen LogP contribution in [0.25, 0.3) is 11.1 Å². The summed E-state index contributed by atoms with van der Waals surface area (Å²) in [6.45, 7) is 0.709. The molecule has 4 N–H and O–H groups in total. The van der Waals surface area contributed by atoms with E-state index in [2.05, 4.69) is 15.1 Å². The Bertz CT molecular complexity index is 881. The summed E-state index contributed by atoms with van der Waals surface area (Å²) in [4.78, 5) is 7.13. The molecule has 0 aliphatic heterocycles. The average molecular weight is 414 g/mol. The lowest BCUT2D eigenvalue weighted by molar-refractivity contribution is -0.138. The Morgan fingerprint density at radius 2 is 1.74 bits per heavy atom. The van der Waals surface area contributed by atoms with Crippen molar-refractivity contribution in [2.24, 2.45) is 10.9 Å². The van der Waals surface area contributed by atoms with Crippen LogP contribution in [0.2, 0.25) is 5.15 Å². The van der Waals surface area contributed by atoms with E-state index < -0.39 is 63.4 Å². The maximum Gasteiger partial charge on any atom is 0.408 e. The molecule has 0 bridgehead atoms. The van der Waals surface area contributed by atoms with Gasteiger partial charge in [0.15, 0.2) is 0 Å². The van der Waals surface area contributed by atoms with Crippen LogP contribution in [0.3, 0.4) is 0 Å². The van der Waals surface area contributed by atoms with Gasteiger partial charge in [-0.15, -0.1) is 0 Å². The van der Waals surface area contributed by atoms with Crippen LogP contribution in [-0.2, 0) is 0 Å². The molecule has 1 aromatic carbocycles. The molecule has 2 aromatic rings. The molecule has 6 nitrogen and oxygen atoms in total. The van der Waals surface area contributed by atoms with E-state index in [9.17, 15) is 26.3 Å². The Balaban J connectivity index is 2.77. The summed E-state index contributed by atoms with van der Waals surface area (Å²) in [6, 6.07) is -1.61. The van der Waals surface area contributed by atoms with Crippen molar-refractivity contribution < 1.29 is 31.5 Å². The minimum absolute atomic E-state index is 0.309. The highest BCUT2D eigenvalue weighted by molar-refractivity contribution is 6.33. The zero-order chi connectivity index (χ0) is 20.5. The van der Waals surface area contributed by atoms with Crippen LogP contribution in [0, 0.1) is 17.5 Å². The van der Waals surface area contributed by atoms with E-state index in [1.54, 1.807) is 0 Å². The normalized spacial score (nSPS) is 13.6. The topological polar surface area (TPSA) is 96.4 Å². The maximum absolute atomic E-state index is 14.1. The smallest absolute Gasteiger partial charge is 0.408 e. The van der Waals surface area contributed by atoms with Crippen molar-refractivity contribution in [2.75, 3.05) is 5.32 Å². The number of anilines is 1. The van der Waals surface area contributed by atoms with E-state index in [-0.39, 0.29) is 0 Å². The zero-order valence-corrected chi connectivity index (χ0v) is 14.0. The monoisotopic (exact) mass is 413 g/mol. The second kappa shape index (κ2) is 7.47. The molecule has 0 spiro atoms. The third-order valence-corrected chi connectivity index (χ3v) is 3.58. The molecular formula is C14H10ClF6N5O. The number of nitrogens with two attached hydrogens (primary N) is 1. The van der Waals surface area contributed by atoms with Crippen molar-refractivity contribution >= 4 is 23.3 Å². The molecule has 0 aliphatic carbocycles. The fourth-order valence-electron chi connectivity index (χ4n) is 1.99. The summed E-state index contributed by atoms with van der Waals surface area (Å²) in [5, 5.41) is 12.4. The molecule has 146 valence electrons. The van der Waals surface area contributed by atoms with Crippen molar-refractivity contribution in [2.45, 2.75) is 19.1 Å². The third-order valence-electron chi connectivity index (χ3n) is 3.30. The molecule has 0 amide bonds. The van der Waals surface area contributed by atoms with Crippen LogP contribution >= 0.6 is 11.6 Å². The Labute approximate surface area is 152 Å². The molecule has 0 saturated carbocycles. The van der Waals surface area contributed by atoms with Gasteiger partial charge >= 0.3 is 6.18 Å². The highest BCUT2D eigenvalue weighted by Gasteiger charge is 2.37. The lowest BCUT2D eigenvalue weighted by Gasteiger charge is -2.21. The van der Waals surface area contributed by atoms with Gasteiger partial charge < -0.3 is 16.3 Å². The molecular weight excluding hydrogens is 404 g/mol. The summed E-state index contributed by atoms with van der Waals surface area (Å²) in [5.74, 6) is -6.23. The van der Waals surface area contributed by atoms with Crippen molar-refractivity contribution in [1.29, 1.82) is 0 Å². The first-order valence-electron chi connectivity index (χ1n) is 6.99. The van der Waals surface area contributed by atoms with Gasteiger partial charge in [-0.1, -0.05) is 16.8 Å². The van der Waals surface area contributed by atoms with Gasteiger partial charge in [0, 0.05) is 12.1 Å². The number of oxime groups is 1. The van der Waals surface area contributed by atoms with Crippen LogP contribution in [0.1, 0.15) is 12.7 Å². The van der Waals surface area contributed by atoms with Crippen LogP contribution < -0.4 is 11.1 Å². The molecule has 13 heteroatoms. The Morgan fingerprint density at radius 3 is 2.22 bits per heavy atom. The first-order valence-corrected chi connectivity index (χ1v) is 7.37. The van der Waals surface area contributed by atoms with Crippen molar-refractivity contribution in [3.63, 3.8) is 0 Å². The van der Waals surface area contributed by atoms with Gasteiger partial charge in [0.05, 0.1) is 11.1 Å². The second-order valence-corrected chi connectivity index (χ2v) is 5.56. The predicted molar refractivity (Wildman–Crippen MR) is 84.0 cm³/mol. The third kappa shape index (κ3) is 4.32. The number of alkyl halides is 3. The fraction of sp³-hybridized carbons (Fsp3) is 0.214. The lowest BCUT2D eigenvalue weighted by Crippen LogP contribution is -2.34. The minimum Gasteiger partial charge on any atom is -0.409 e. The summed E-state index contributed by atoms with van der Waals surface area (Å²) in [6.07, 6.45) is -4.76. The van der Waals surface area contributed by atoms with Gasteiger partial charge in [-0.05, 0) is 6.92 Å². The number of amidine groups is 1. The summed E-state index contributed by atoms with van der Waals surface area (Å²) < 4.78 is 80.0. The van der Waals surface area contributed by atoms with Crippen LogP contribution in [-0.4, -0.2) is 33.2 Å². The van der Waals surface area contributed by atoms with Crippen molar-refractivity contribution in [1.82, 2.24) is 9.97 Å². The first kappa shape index (κ1) is 20.6. The Kier molecular flexibility index (Phi) is 5.68. The summed E-state index contributed by atoms with van der Waals surface area (Å²) in [5.41, 5.74) is 3.63. The second-order valence-electron chi connectivity index (χ2n) is 5.20. The largest absolute Gasteiger partial charge is 0.409 e. The van der Waals surface area contributed by atoms with Crippen LogP contribution in [0.15, 0.2) is 17.3 Å². The van der Waals surface area contributed by atoms with E-state index in [0.29, 0.717) is 19.1 Å². The van der Waals surface area contributed by atoms with Gasteiger partial charge in [0.25, 0.3) is 0 Å². The van der Waals surface area contributed by atoms with E-state index in [1.165, 1.54) is 0 Å². The van der Waals surface area contributed by atoms with E-state index in [0.717, 1.165) is 0 Å². The van der Waals surface area contributed by atoms with Crippen molar-refractivity contribution in [3.05, 3.63) is 40.6 Å². The molecule has 0 unspecified atom stereocenters. The lowest BCUT2D eigenvalue weighted by atomic mass is 10.1. The number of nitrogens with one attached hydrogen (secondary N) is 1. The SMILES string of the molecule is C[C@@H](Nc1nc(/C(N)=N/O)nc(Cl)c1-c1c(F)cc(F)cc1F)C(F)(F)F. The molecule has 1 heterocycles. The summed E-state index contributed by atoms with van der Waals surface area (Å²) in [7, 11) is 0. The predicted octanol–water partition coefficient (Wildman–Crippen LogP) is 3.67. The summed E-state index contributed by atoms with van der Waals surface area (Å²) >= 11 is 5.86. The number of benzene rings is 1. The van der Waals surface area contributed by atoms with Gasteiger partial charge in [-0.3, -0.25) is 0 Å². The molecule has 2 rings (SSSR count). The van der Waals surface area contributed by atoms with Crippen LogP contribution in [0.4, 0.5) is 32.2 Å². The number of halogens is 7. The van der Waals surface area contributed by atoms with E-state index >= 15 is 0 Å². The van der Waals surface area contributed by atoms with Gasteiger partial charge in [-0.25, -0.2) is 23.1 Å². The average Bonchev–Trinajstić information content (AvgIpc) is 2.54. The number of hydrogen-bond donors (Lipinski definition) is 3. The maximum atomic E-state index is 14.1. The zero-order valence-electron chi connectivity index (χ0n) is 13.2. The molecule has 0 fully saturated rings. The highest BCUT2D eigenvalue weighted by atomic mass is 35.5. The molecule has 0 radical (unpaired) electrons. The molecule has 0 saturated heterocycles. The van der Waals surface area contributed by atoms with Gasteiger partial charge in [0.2, 0.25) is 11.7 Å². The van der Waals surface area contributed by atoms with Crippen LogP contribution in [0.5, 0.6) is 0 Å². The van der Waals surface area contributed by atoms with Gasteiger partial charge in [-0.2, -0.15) is 13.2 Å². The number of hydrogen-bond acceptors (Lipinski definition) is 5. The molecule has 1 atom stereocenters.